The fourth-order valence-electron chi connectivity index (χ4n) is 3.27. The molecular formula is C18H18N2O2. The van der Waals surface area contributed by atoms with E-state index in [-0.39, 0.29) is 6.61 Å². The summed E-state index contributed by atoms with van der Waals surface area (Å²) in [6.45, 7) is 2.73. The van der Waals surface area contributed by atoms with Crippen molar-refractivity contribution in [3.05, 3.63) is 47.3 Å². The van der Waals surface area contributed by atoms with Crippen molar-refractivity contribution < 1.29 is 9.84 Å². The van der Waals surface area contributed by atoms with Crippen LogP contribution in [0.25, 0.3) is 22.2 Å². The third-order valence-corrected chi connectivity index (χ3v) is 4.37. The SMILES string of the molecule is Cc1nc2[nH]ccc2c(-c2ccc3c(c2)CCCO3)c1CO. The van der Waals surface area contributed by atoms with Gasteiger partial charge in [-0.05, 0) is 54.7 Å². The van der Waals surface area contributed by atoms with Gasteiger partial charge < -0.3 is 14.8 Å². The second kappa shape index (κ2) is 5.14. The number of aliphatic hydroxyl groups excluding tert-OH is 1. The Hall–Kier alpha value is -2.33. The average molecular weight is 294 g/mol. The first-order valence-electron chi connectivity index (χ1n) is 7.61. The maximum absolute atomic E-state index is 9.82. The number of aromatic nitrogens is 2. The molecule has 3 aromatic rings. The second-order valence-electron chi connectivity index (χ2n) is 5.72. The predicted molar refractivity (Wildman–Crippen MR) is 86.0 cm³/mol. The number of rotatable bonds is 2. The zero-order valence-electron chi connectivity index (χ0n) is 12.5. The first kappa shape index (κ1) is 13.3. The number of aliphatic hydroxyl groups is 1. The maximum atomic E-state index is 9.82. The monoisotopic (exact) mass is 294 g/mol. The van der Waals surface area contributed by atoms with E-state index in [9.17, 15) is 5.11 Å². The number of hydrogen-bond donors (Lipinski definition) is 2. The minimum absolute atomic E-state index is 0.0110. The highest BCUT2D eigenvalue weighted by Gasteiger charge is 2.17. The minimum atomic E-state index is -0.0110. The molecular weight excluding hydrogens is 276 g/mol. The van der Waals surface area contributed by atoms with E-state index < -0.39 is 0 Å². The highest BCUT2D eigenvalue weighted by molar-refractivity contribution is 5.95. The summed E-state index contributed by atoms with van der Waals surface area (Å²) in [6, 6.07) is 8.32. The van der Waals surface area contributed by atoms with Crippen molar-refractivity contribution in [3.8, 4) is 16.9 Å². The van der Waals surface area contributed by atoms with E-state index in [1.165, 1.54) is 5.56 Å². The summed E-state index contributed by atoms with van der Waals surface area (Å²) in [7, 11) is 0. The highest BCUT2D eigenvalue weighted by atomic mass is 16.5. The maximum Gasteiger partial charge on any atom is 0.138 e. The molecule has 0 radical (unpaired) electrons. The Morgan fingerprint density at radius 3 is 3.09 bits per heavy atom. The van der Waals surface area contributed by atoms with Crippen LogP contribution in [0.3, 0.4) is 0 Å². The Labute approximate surface area is 128 Å². The van der Waals surface area contributed by atoms with Crippen molar-refractivity contribution in [1.29, 1.82) is 0 Å². The molecule has 0 unspecified atom stereocenters. The van der Waals surface area contributed by atoms with E-state index in [4.69, 9.17) is 4.74 Å². The molecule has 1 aliphatic heterocycles. The van der Waals surface area contributed by atoms with Gasteiger partial charge in [-0.3, -0.25) is 0 Å². The quantitative estimate of drug-likeness (QED) is 0.762. The van der Waals surface area contributed by atoms with E-state index in [2.05, 4.69) is 22.1 Å². The van der Waals surface area contributed by atoms with E-state index >= 15 is 0 Å². The van der Waals surface area contributed by atoms with Gasteiger partial charge in [0.25, 0.3) is 0 Å². The zero-order chi connectivity index (χ0) is 15.1. The molecule has 3 heterocycles. The Kier molecular flexibility index (Phi) is 3.12. The van der Waals surface area contributed by atoms with Gasteiger partial charge in [-0.1, -0.05) is 6.07 Å². The lowest BCUT2D eigenvalue weighted by Crippen LogP contribution is -2.08. The number of aromatic amines is 1. The molecule has 0 saturated carbocycles. The van der Waals surface area contributed by atoms with Gasteiger partial charge in [0.2, 0.25) is 0 Å². The molecule has 1 aromatic carbocycles. The summed E-state index contributed by atoms with van der Waals surface area (Å²) in [6.07, 6.45) is 3.99. The summed E-state index contributed by atoms with van der Waals surface area (Å²) >= 11 is 0. The number of nitrogens with one attached hydrogen (secondary N) is 1. The molecule has 4 heteroatoms. The largest absolute Gasteiger partial charge is 0.493 e. The number of pyridine rings is 1. The third kappa shape index (κ3) is 1.99. The molecule has 2 aromatic heterocycles. The van der Waals surface area contributed by atoms with Crippen molar-refractivity contribution in [2.75, 3.05) is 6.61 Å². The average Bonchev–Trinajstić information content (AvgIpc) is 3.00. The van der Waals surface area contributed by atoms with Crippen LogP contribution in [0.2, 0.25) is 0 Å². The lowest BCUT2D eigenvalue weighted by molar-refractivity contribution is 0.281. The lowest BCUT2D eigenvalue weighted by atomic mass is 9.93. The van der Waals surface area contributed by atoms with Crippen LogP contribution in [0.4, 0.5) is 0 Å². The smallest absolute Gasteiger partial charge is 0.138 e. The minimum Gasteiger partial charge on any atom is -0.493 e. The number of H-pyrrole nitrogens is 1. The Morgan fingerprint density at radius 2 is 2.23 bits per heavy atom. The summed E-state index contributed by atoms with van der Waals surface area (Å²) in [5.74, 6) is 0.983. The van der Waals surface area contributed by atoms with Crippen molar-refractivity contribution in [3.63, 3.8) is 0 Å². The summed E-state index contributed by atoms with van der Waals surface area (Å²) in [4.78, 5) is 7.71. The molecule has 22 heavy (non-hydrogen) atoms. The van der Waals surface area contributed by atoms with Crippen molar-refractivity contribution in [2.45, 2.75) is 26.4 Å². The topological polar surface area (TPSA) is 58.1 Å². The highest BCUT2D eigenvalue weighted by Crippen LogP contribution is 2.36. The predicted octanol–water partition coefficient (Wildman–Crippen LogP) is 3.36. The molecule has 0 saturated heterocycles. The van der Waals surface area contributed by atoms with Gasteiger partial charge in [-0.15, -0.1) is 0 Å². The van der Waals surface area contributed by atoms with Crippen LogP contribution in [0.1, 0.15) is 23.2 Å². The van der Waals surface area contributed by atoms with Gasteiger partial charge in [0, 0.05) is 22.8 Å². The molecule has 0 bridgehead atoms. The van der Waals surface area contributed by atoms with Gasteiger partial charge in [0.1, 0.15) is 11.4 Å². The molecule has 2 N–H and O–H groups in total. The van der Waals surface area contributed by atoms with Crippen molar-refractivity contribution in [1.82, 2.24) is 9.97 Å². The molecule has 0 fully saturated rings. The standard InChI is InChI=1S/C18H18N2O2/c1-11-15(10-21)17(14-6-7-19-18(14)20-11)13-4-5-16-12(9-13)3-2-8-22-16/h4-7,9,21H,2-3,8,10H2,1H3,(H,19,20). The van der Waals surface area contributed by atoms with Gasteiger partial charge in [0.15, 0.2) is 0 Å². The lowest BCUT2D eigenvalue weighted by Gasteiger charge is -2.19. The van der Waals surface area contributed by atoms with Crippen LogP contribution < -0.4 is 4.74 Å². The fourth-order valence-corrected chi connectivity index (χ4v) is 3.27. The number of fused-ring (bicyclic) bond motifs is 2. The van der Waals surface area contributed by atoms with Crippen LogP contribution in [0, 0.1) is 6.92 Å². The van der Waals surface area contributed by atoms with Crippen LogP contribution in [-0.2, 0) is 13.0 Å². The van der Waals surface area contributed by atoms with Gasteiger partial charge in [-0.25, -0.2) is 4.98 Å². The fraction of sp³-hybridized carbons (Fsp3) is 0.278. The van der Waals surface area contributed by atoms with E-state index in [0.717, 1.165) is 58.6 Å². The Bertz CT molecular complexity index is 852. The number of nitrogens with zero attached hydrogens (tertiary/aromatic N) is 1. The van der Waals surface area contributed by atoms with Crippen molar-refractivity contribution in [2.24, 2.45) is 0 Å². The number of hydrogen-bond acceptors (Lipinski definition) is 3. The summed E-state index contributed by atoms with van der Waals surface area (Å²) in [5.41, 5.74) is 6.04. The summed E-state index contributed by atoms with van der Waals surface area (Å²) in [5, 5.41) is 10.9. The first-order valence-corrected chi connectivity index (χ1v) is 7.61. The molecule has 0 aliphatic carbocycles. The summed E-state index contributed by atoms with van der Waals surface area (Å²) < 4.78 is 5.70. The molecule has 112 valence electrons. The number of benzene rings is 1. The number of ether oxygens (including phenoxy) is 1. The normalized spacial score (nSPS) is 13.9. The van der Waals surface area contributed by atoms with E-state index in [1.807, 2.05) is 25.3 Å². The van der Waals surface area contributed by atoms with E-state index in [0.29, 0.717) is 0 Å². The van der Waals surface area contributed by atoms with Crippen LogP contribution in [0.15, 0.2) is 30.5 Å². The van der Waals surface area contributed by atoms with Crippen LogP contribution in [-0.4, -0.2) is 21.7 Å². The zero-order valence-corrected chi connectivity index (χ0v) is 12.5. The third-order valence-electron chi connectivity index (χ3n) is 4.37. The Morgan fingerprint density at radius 1 is 1.32 bits per heavy atom. The second-order valence-corrected chi connectivity index (χ2v) is 5.72. The van der Waals surface area contributed by atoms with E-state index in [1.54, 1.807) is 0 Å². The Balaban J connectivity index is 1.98. The van der Waals surface area contributed by atoms with Crippen LogP contribution in [0.5, 0.6) is 5.75 Å². The molecule has 4 nitrogen and oxygen atoms in total. The molecule has 0 spiro atoms. The van der Waals surface area contributed by atoms with Gasteiger partial charge in [-0.2, -0.15) is 0 Å². The molecule has 4 rings (SSSR count). The first-order chi connectivity index (χ1) is 10.8. The van der Waals surface area contributed by atoms with Crippen molar-refractivity contribution >= 4 is 11.0 Å². The van der Waals surface area contributed by atoms with Gasteiger partial charge in [0.05, 0.1) is 13.2 Å². The van der Waals surface area contributed by atoms with Crippen LogP contribution >= 0.6 is 0 Å². The number of aryl methyl sites for hydroxylation is 2. The molecule has 0 amide bonds. The molecule has 1 aliphatic rings. The molecule has 0 atom stereocenters. The van der Waals surface area contributed by atoms with Gasteiger partial charge >= 0.3 is 0 Å².